The van der Waals surface area contributed by atoms with Crippen LogP contribution >= 0.6 is 0 Å². The summed E-state index contributed by atoms with van der Waals surface area (Å²) in [4.78, 5) is 24.9. The molecule has 1 aliphatic carbocycles. The minimum absolute atomic E-state index is 0.0182. The quantitative estimate of drug-likeness (QED) is 0.820. The van der Waals surface area contributed by atoms with E-state index in [2.05, 4.69) is 20.8 Å². The molecule has 0 aromatic rings. The van der Waals surface area contributed by atoms with E-state index in [1.165, 1.54) is 0 Å². The topological polar surface area (TPSA) is 57.6 Å². The Kier molecular flexibility index (Phi) is 3.16. The number of likely N-dealkylation sites (tertiary alicyclic amines) is 1. The highest BCUT2D eigenvalue weighted by atomic mass is 16.4. The van der Waals surface area contributed by atoms with Crippen LogP contribution in [-0.4, -0.2) is 35.0 Å². The Morgan fingerprint density at radius 2 is 1.83 bits per heavy atom. The molecule has 1 saturated heterocycles. The molecule has 1 heterocycles. The molecule has 1 N–H and O–H groups in total. The zero-order valence-corrected chi connectivity index (χ0v) is 11.5. The van der Waals surface area contributed by atoms with Gasteiger partial charge in [-0.3, -0.25) is 9.59 Å². The summed E-state index contributed by atoms with van der Waals surface area (Å²) in [6.07, 6.45) is 3.10. The molecule has 1 aliphatic heterocycles. The summed E-state index contributed by atoms with van der Waals surface area (Å²) >= 11 is 0. The Balaban J connectivity index is 1.85. The zero-order valence-electron chi connectivity index (χ0n) is 11.5. The first-order chi connectivity index (χ1) is 8.23. The van der Waals surface area contributed by atoms with Crippen LogP contribution in [0.25, 0.3) is 0 Å². The summed E-state index contributed by atoms with van der Waals surface area (Å²) in [5, 5.41) is 9.02. The summed E-state index contributed by atoms with van der Waals surface area (Å²) < 4.78 is 0. The fraction of sp³-hybridized carbons (Fsp3) is 0.857. The van der Waals surface area contributed by atoms with Gasteiger partial charge in [0.05, 0.1) is 5.92 Å². The number of carbonyl (C=O) groups is 2. The number of hydrogen-bond acceptors (Lipinski definition) is 2. The smallest absolute Gasteiger partial charge is 0.307 e. The van der Waals surface area contributed by atoms with E-state index in [1.54, 1.807) is 0 Å². The van der Waals surface area contributed by atoms with Crippen LogP contribution in [0.15, 0.2) is 0 Å². The Morgan fingerprint density at radius 1 is 1.28 bits per heavy atom. The van der Waals surface area contributed by atoms with Crippen molar-refractivity contribution < 1.29 is 14.7 Å². The molecule has 4 heteroatoms. The van der Waals surface area contributed by atoms with Gasteiger partial charge in [0.1, 0.15) is 0 Å². The maximum absolute atomic E-state index is 12.1. The Hall–Kier alpha value is -1.06. The van der Waals surface area contributed by atoms with Crippen molar-refractivity contribution in [3.05, 3.63) is 0 Å². The van der Waals surface area contributed by atoms with Crippen LogP contribution in [0.5, 0.6) is 0 Å². The van der Waals surface area contributed by atoms with Gasteiger partial charge in [0.25, 0.3) is 0 Å². The summed E-state index contributed by atoms with van der Waals surface area (Å²) in [5.74, 6) is -0.605. The third-order valence-electron chi connectivity index (χ3n) is 4.28. The fourth-order valence-corrected chi connectivity index (χ4v) is 3.02. The highest BCUT2D eigenvalue weighted by Gasteiger charge is 2.59. The molecule has 0 bridgehead atoms. The zero-order chi connectivity index (χ0) is 13.6. The van der Waals surface area contributed by atoms with Crippen LogP contribution in [0.4, 0.5) is 0 Å². The molecule has 0 radical (unpaired) electrons. The summed E-state index contributed by atoms with van der Waals surface area (Å²) in [6, 6.07) is 0. The second-order valence-corrected chi connectivity index (χ2v) is 7.08. The number of amides is 1. The van der Waals surface area contributed by atoms with E-state index in [-0.39, 0.29) is 22.7 Å². The summed E-state index contributed by atoms with van der Waals surface area (Å²) in [7, 11) is 0. The van der Waals surface area contributed by atoms with Crippen LogP contribution in [0.2, 0.25) is 0 Å². The van der Waals surface area contributed by atoms with Gasteiger partial charge in [-0.1, -0.05) is 20.8 Å². The van der Waals surface area contributed by atoms with Gasteiger partial charge >= 0.3 is 5.97 Å². The van der Waals surface area contributed by atoms with Crippen LogP contribution < -0.4 is 0 Å². The fourth-order valence-electron chi connectivity index (χ4n) is 3.02. The number of carboxylic acids is 1. The number of carboxylic acid groups (broad SMARTS) is 1. The summed E-state index contributed by atoms with van der Waals surface area (Å²) in [6.45, 7) is 7.67. The molecular formula is C14H23NO3. The lowest BCUT2D eigenvalue weighted by Gasteiger charge is -2.34. The number of aliphatic carboxylic acids is 1. The first-order valence-electron chi connectivity index (χ1n) is 6.74. The number of nitrogens with zero attached hydrogens (tertiary/aromatic N) is 1. The van der Waals surface area contributed by atoms with Crippen molar-refractivity contribution in [3.63, 3.8) is 0 Å². The minimum Gasteiger partial charge on any atom is -0.481 e. The molecule has 1 amide bonds. The second-order valence-electron chi connectivity index (χ2n) is 7.08. The van der Waals surface area contributed by atoms with Crippen LogP contribution in [0, 0.1) is 16.7 Å². The Morgan fingerprint density at radius 3 is 2.22 bits per heavy atom. The van der Waals surface area contributed by atoms with Crippen molar-refractivity contribution in [2.24, 2.45) is 16.7 Å². The Labute approximate surface area is 108 Å². The van der Waals surface area contributed by atoms with Gasteiger partial charge in [-0.05, 0) is 30.1 Å². The molecule has 0 aromatic heterocycles. The van der Waals surface area contributed by atoms with Crippen molar-refractivity contribution in [2.75, 3.05) is 13.1 Å². The van der Waals surface area contributed by atoms with Crippen LogP contribution in [0.3, 0.4) is 0 Å². The lowest BCUT2D eigenvalue weighted by molar-refractivity contribution is -0.140. The molecule has 2 aliphatic rings. The SMILES string of the molecule is CC(C)(C)CC(=O)N1CCC2(CC1)CC2C(=O)O. The van der Waals surface area contributed by atoms with Crippen LogP contribution in [0.1, 0.15) is 46.5 Å². The van der Waals surface area contributed by atoms with E-state index in [1.807, 2.05) is 4.90 Å². The highest BCUT2D eigenvalue weighted by molar-refractivity contribution is 5.77. The van der Waals surface area contributed by atoms with Gasteiger partial charge in [0.15, 0.2) is 0 Å². The first kappa shape index (κ1) is 13.4. The molecule has 0 aromatic carbocycles. The number of hydrogen-bond donors (Lipinski definition) is 1. The molecule has 1 unspecified atom stereocenters. The lowest BCUT2D eigenvalue weighted by Crippen LogP contribution is -2.41. The average Bonchev–Trinajstić information content (AvgIpc) is 2.91. The van der Waals surface area contributed by atoms with Crippen molar-refractivity contribution in [1.82, 2.24) is 4.90 Å². The number of piperidine rings is 1. The van der Waals surface area contributed by atoms with Crippen molar-refractivity contribution >= 4 is 11.9 Å². The maximum Gasteiger partial charge on any atom is 0.307 e. The van der Waals surface area contributed by atoms with Gasteiger partial charge in [-0.25, -0.2) is 0 Å². The van der Waals surface area contributed by atoms with Gasteiger partial charge < -0.3 is 10.0 Å². The second kappa shape index (κ2) is 4.25. The largest absolute Gasteiger partial charge is 0.481 e. The third-order valence-corrected chi connectivity index (χ3v) is 4.28. The highest BCUT2D eigenvalue weighted by Crippen LogP contribution is 2.59. The minimum atomic E-state index is -0.663. The molecule has 102 valence electrons. The monoisotopic (exact) mass is 253 g/mol. The molecule has 1 atom stereocenters. The molecule has 1 spiro atoms. The van der Waals surface area contributed by atoms with Gasteiger partial charge in [0.2, 0.25) is 5.91 Å². The van der Waals surface area contributed by atoms with Crippen LogP contribution in [-0.2, 0) is 9.59 Å². The van der Waals surface area contributed by atoms with E-state index < -0.39 is 5.97 Å². The van der Waals surface area contributed by atoms with E-state index >= 15 is 0 Å². The average molecular weight is 253 g/mol. The standard InChI is InChI=1S/C14H23NO3/c1-13(2,3)9-11(16)15-6-4-14(5-7-15)8-10(14)12(17)18/h10H,4-9H2,1-3H3,(H,17,18). The van der Waals surface area contributed by atoms with E-state index in [4.69, 9.17) is 5.11 Å². The lowest BCUT2D eigenvalue weighted by atomic mass is 9.88. The van der Waals surface area contributed by atoms with E-state index in [9.17, 15) is 9.59 Å². The predicted molar refractivity (Wildman–Crippen MR) is 68.1 cm³/mol. The van der Waals surface area contributed by atoms with Crippen molar-refractivity contribution in [2.45, 2.75) is 46.5 Å². The Bertz CT molecular complexity index is 362. The van der Waals surface area contributed by atoms with E-state index in [0.717, 1.165) is 32.4 Å². The van der Waals surface area contributed by atoms with Crippen molar-refractivity contribution in [1.29, 1.82) is 0 Å². The van der Waals surface area contributed by atoms with Gasteiger partial charge in [0, 0.05) is 19.5 Å². The van der Waals surface area contributed by atoms with Gasteiger partial charge in [-0.15, -0.1) is 0 Å². The predicted octanol–water partition coefficient (Wildman–Crippen LogP) is 2.14. The van der Waals surface area contributed by atoms with Crippen molar-refractivity contribution in [3.8, 4) is 0 Å². The molecular weight excluding hydrogens is 230 g/mol. The number of rotatable bonds is 2. The third kappa shape index (κ3) is 2.68. The molecule has 2 rings (SSSR count). The maximum atomic E-state index is 12.1. The number of carbonyl (C=O) groups excluding carboxylic acids is 1. The molecule has 4 nitrogen and oxygen atoms in total. The van der Waals surface area contributed by atoms with Gasteiger partial charge in [-0.2, -0.15) is 0 Å². The first-order valence-corrected chi connectivity index (χ1v) is 6.74. The van der Waals surface area contributed by atoms with E-state index in [0.29, 0.717) is 6.42 Å². The normalized spacial score (nSPS) is 26.2. The molecule has 1 saturated carbocycles. The molecule has 18 heavy (non-hydrogen) atoms. The molecule has 2 fully saturated rings. The summed E-state index contributed by atoms with van der Waals surface area (Å²) in [5.41, 5.74) is 0.0414.